The average Bonchev–Trinajstić information content (AvgIpc) is 2.93. The van der Waals surface area contributed by atoms with Crippen molar-refractivity contribution in [2.45, 2.75) is 76.7 Å². The van der Waals surface area contributed by atoms with Crippen LogP contribution in [0.3, 0.4) is 0 Å². The number of aliphatic hydroxyl groups excluding tert-OH is 1. The molecule has 0 atom stereocenters. The Morgan fingerprint density at radius 2 is 1.62 bits per heavy atom. The lowest BCUT2D eigenvalue weighted by atomic mass is 9.91. The molecule has 1 aliphatic carbocycles. The first-order valence-corrected chi connectivity index (χ1v) is 13.9. The van der Waals surface area contributed by atoms with E-state index in [0.29, 0.717) is 32.1 Å². The van der Waals surface area contributed by atoms with Gasteiger partial charge in [-0.05, 0) is 63.7 Å². The van der Waals surface area contributed by atoms with Crippen LogP contribution >= 0.6 is 0 Å². The lowest BCUT2D eigenvalue weighted by Gasteiger charge is -2.36. The van der Waals surface area contributed by atoms with Gasteiger partial charge in [-0.2, -0.15) is 0 Å². The number of aliphatic hydroxyl groups is 1. The Labute approximate surface area is 229 Å². The summed E-state index contributed by atoms with van der Waals surface area (Å²) in [4.78, 5) is 16.7. The molecular weight excluding hydrogens is 509 g/mol. The second-order valence-corrected chi connectivity index (χ2v) is 10.3. The molecule has 3 rings (SSSR count). The van der Waals surface area contributed by atoms with Crippen molar-refractivity contribution >= 4 is 6.09 Å². The Balaban J connectivity index is 1.49. The van der Waals surface area contributed by atoms with Crippen molar-refractivity contribution in [3.8, 4) is 0 Å². The van der Waals surface area contributed by atoms with E-state index in [4.69, 9.17) is 14.6 Å². The zero-order valence-corrected chi connectivity index (χ0v) is 22.8. The third-order valence-electron chi connectivity index (χ3n) is 7.22. The summed E-state index contributed by atoms with van der Waals surface area (Å²) in [6.07, 6.45) is 6.55. The molecule has 0 aromatic heterocycles. The van der Waals surface area contributed by atoms with Gasteiger partial charge >= 0.3 is 6.09 Å². The largest absolute Gasteiger partial charge is 0.445 e. The molecule has 1 saturated carbocycles. The van der Waals surface area contributed by atoms with Crippen LogP contribution in [0.2, 0.25) is 0 Å². The SMILES string of the molecule is CN(CCO)CCCCCCO[C@H]1CC[C@H](N(Cc2cc(F)c(F)cc2F)C(=O)OCc2ccccc2)CC1. The van der Waals surface area contributed by atoms with Crippen LogP contribution < -0.4 is 0 Å². The van der Waals surface area contributed by atoms with Gasteiger partial charge in [0.05, 0.1) is 19.3 Å². The number of benzene rings is 2. The van der Waals surface area contributed by atoms with Gasteiger partial charge in [0.15, 0.2) is 11.6 Å². The standard InChI is InChI=1S/C30H41F3N2O4/c1-34(16-17-36)15-7-2-3-8-18-38-26-13-11-25(12-14-26)35(21-24-19-28(32)29(33)20-27(24)31)30(37)39-22-23-9-5-4-6-10-23/h4-6,9-10,19-20,25-26,36H,2-3,7-8,11-18,21-22H2,1H3/t25-,26-. The molecule has 0 spiro atoms. The number of hydrogen-bond acceptors (Lipinski definition) is 5. The number of carbonyl (C=O) groups excluding carboxylic acids is 1. The molecule has 0 radical (unpaired) electrons. The molecule has 2 aromatic rings. The third kappa shape index (κ3) is 10.5. The van der Waals surface area contributed by atoms with Crippen LogP contribution in [0.5, 0.6) is 0 Å². The summed E-state index contributed by atoms with van der Waals surface area (Å²) in [5.74, 6) is -3.31. The van der Waals surface area contributed by atoms with E-state index in [1.165, 1.54) is 4.90 Å². The number of nitrogens with zero attached hydrogens (tertiary/aromatic N) is 2. The van der Waals surface area contributed by atoms with E-state index in [9.17, 15) is 18.0 Å². The van der Waals surface area contributed by atoms with Gasteiger partial charge in [-0.3, -0.25) is 0 Å². The molecule has 0 aliphatic heterocycles. The Kier molecular flexibility index (Phi) is 13.1. The van der Waals surface area contributed by atoms with Gasteiger partial charge in [-0.1, -0.05) is 43.2 Å². The van der Waals surface area contributed by atoms with Crippen molar-refractivity contribution in [1.82, 2.24) is 9.80 Å². The fourth-order valence-corrected chi connectivity index (χ4v) is 4.91. The molecule has 216 valence electrons. The maximum absolute atomic E-state index is 14.4. The van der Waals surface area contributed by atoms with Crippen LogP contribution in [-0.2, 0) is 22.6 Å². The maximum Gasteiger partial charge on any atom is 0.410 e. The number of ether oxygens (including phenoxy) is 2. The summed E-state index contributed by atoms with van der Waals surface area (Å²) in [7, 11) is 2.01. The fourth-order valence-electron chi connectivity index (χ4n) is 4.91. The molecule has 0 unspecified atom stereocenters. The van der Waals surface area contributed by atoms with Crippen molar-refractivity contribution in [3.63, 3.8) is 0 Å². The van der Waals surface area contributed by atoms with Crippen LogP contribution in [0.15, 0.2) is 42.5 Å². The van der Waals surface area contributed by atoms with E-state index in [1.54, 1.807) is 0 Å². The molecule has 1 amide bonds. The molecule has 1 N–H and O–H groups in total. The van der Waals surface area contributed by atoms with Gasteiger partial charge in [0, 0.05) is 30.8 Å². The van der Waals surface area contributed by atoms with E-state index in [1.807, 2.05) is 37.4 Å². The summed E-state index contributed by atoms with van der Waals surface area (Å²) >= 11 is 0. The highest BCUT2D eigenvalue weighted by molar-refractivity contribution is 5.68. The van der Waals surface area contributed by atoms with Crippen molar-refractivity contribution < 1.29 is 32.5 Å². The average molecular weight is 551 g/mol. The Morgan fingerprint density at radius 1 is 0.923 bits per heavy atom. The predicted octanol–water partition coefficient (Wildman–Crippen LogP) is 6.06. The quantitative estimate of drug-likeness (QED) is 0.216. The highest BCUT2D eigenvalue weighted by Gasteiger charge is 2.31. The van der Waals surface area contributed by atoms with E-state index in [2.05, 4.69) is 4.90 Å². The molecular formula is C30H41F3N2O4. The van der Waals surface area contributed by atoms with Crippen molar-refractivity contribution in [3.05, 3.63) is 71.0 Å². The van der Waals surface area contributed by atoms with Crippen molar-refractivity contribution in [2.24, 2.45) is 0 Å². The Bertz CT molecular complexity index is 1000. The summed E-state index contributed by atoms with van der Waals surface area (Å²) < 4.78 is 53.4. The second-order valence-electron chi connectivity index (χ2n) is 10.3. The zero-order chi connectivity index (χ0) is 28.0. The molecule has 9 heteroatoms. The van der Waals surface area contributed by atoms with Crippen LogP contribution in [-0.4, -0.2) is 66.5 Å². The number of amides is 1. The number of unbranched alkanes of at least 4 members (excludes halogenated alkanes) is 3. The number of carbonyl (C=O) groups is 1. The first kappa shape index (κ1) is 30.9. The smallest absolute Gasteiger partial charge is 0.410 e. The zero-order valence-electron chi connectivity index (χ0n) is 22.8. The Morgan fingerprint density at radius 3 is 2.33 bits per heavy atom. The fraction of sp³-hybridized carbons (Fsp3) is 0.567. The van der Waals surface area contributed by atoms with Gasteiger partial charge in [0.25, 0.3) is 0 Å². The molecule has 0 heterocycles. The van der Waals surface area contributed by atoms with Gasteiger partial charge in [0.2, 0.25) is 0 Å². The van der Waals surface area contributed by atoms with Gasteiger partial charge < -0.3 is 24.4 Å². The highest BCUT2D eigenvalue weighted by Crippen LogP contribution is 2.28. The van der Waals surface area contributed by atoms with Crippen LogP contribution in [0.4, 0.5) is 18.0 Å². The first-order chi connectivity index (χ1) is 18.9. The number of rotatable bonds is 15. The number of hydrogen-bond donors (Lipinski definition) is 1. The molecule has 39 heavy (non-hydrogen) atoms. The van der Waals surface area contributed by atoms with E-state index in [0.717, 1.165) is 56.7 Å². The molecule has 2 aromatic carbocycles. The summed E-state index contributed by atoms with van der Waals surface area (Å²) in [6.45, 7) is 2.40. The van der Waals surface area contributed by atoms with Crippen LogP contribution in [0, 0.1) is 17.5 Å². The normalized spacial score (nSPS) is 17.4. The number of likely N-dealkylation sites (N-methyl/N-ethyl adjacent to an activating group) is 1. The highest BCUT2D eigenvalue weighted by atomic mass is 19.2. The van der Waals surface area contributed by atoms with E-state index < -0.39 is 23.5 Å². The Hall–Kier alpha value is -2.62. The molecule has 0 saturated heterocycles. The molecule has 0 bridgehead atoms. The lowest BCUT2D eigenvalue weighted by Crippen LogP contribution is -2.43. The topological polar surface area (TPSA) is 62.2 Å². The minimum absolute atomic E-state index is 0.0621. The molecule has 6 nitrogen and oxygen atoms in total. The van der Waals surface area contributed by atoms with Gasteiger partial charge in [0.1, 0.15) is 12.4 Å². The summed E-state index contributed by atoms with van der Waals surface area (Å²) in [5, 5.41) is 8.95. The van der Waals surface area contributed by atoms with Gasteiger partial charge in [-0.25, -0.2) is 18.0 Å². The van der Waals surface area contributed by atoms with Crippen LogP contribution in [0.25, 0.3) is 0 Å². The van der Waals surface area contributed by atoms with Crippen molar-refractivity contribution in [1.29, 1.82) is 0 Å². The van der Waals surface area contributed by atoms with Gasteiger partial charge in [-0.15, -0.1) is 0 Å². The molecule has 1 aliphatic rings. The predicted molar refractivity (Wildman–Crippen MR) is 144 cm³/mol. The minimum atomic E-state index is -1.26. The second kappa shape index (κ2) is 16.5. The van der Waals surface area contributed by atoms with Crippen LogP contribution in [0.1, 0.15) is 62.5 Å². The maximum atomic E-state index is 14.4. The monoisotopic (exact) mass is 550 g/mol. The lowest BCUT2D eigenvalue weighted by molar-refractivity contribution is 0.00178. The third-order valence-corrected chi connectivity index (χ3v) is 7.22. The number of halogens is 3. The minimum Gasteiger partial charge on any atom is -0.445 e. The van der Waals surface area contributed by atoms with E-state index in [-0.39, 0.29) is 37.5 Å². The van der Waals surface area contributed by atoms with E-state index >= 15 is 0 Å². The first-order valence-electron chi connectivity index (χ1n) is 13.9. The summed E-state index contributed by atoms with van der Waals surface area (Å²) in [6, 6.07) is 10.3. The molecule has 1 fully saturated rings. The van der Waals surface area contributed by atoms with Crippen molar-refractivity contribution in [2.75, 3.05) is 33.4 Å². The summed E-state index contributed by atoms with van der Waals surface area (Å²) in [5.41, 5.74) is 0.727.